The number of ether oxygens (including phenoxy) is 1. The van der Waals surface area contributed by atoms with Gasteiger partial charge in [-0.25, -0.2) is 0 Å². The number of rotatable bonds is 2. The number of furan rings is 2. The van der Waals surface area contributed by atoms with Gasteiger partial charge in [0.15, 0.2) is 0 Å². The molecule has 0 unspecified atom stereocenters. The van der Waals surface area contributed by atoms with Gasteiger partial charge in [-0.3, -0.25) is 0 Å². The van der Waals surface area contributed by atoms with Crippen molar-refractivity contribution < 1.29 is 13.6 Å². The van der Waals surface area contributed by atoms with E-state index in [2.05, 4.69) is 111 Å². The lowest BCUT2D eigenvalue weighted by molar-refractivity contribution is 0.418. The molecule has 0 fully saturated rings. The average Bonchev–Trinajstić information content (AvgIpc) is 3.58. The summed E-state index contributed by atoms with van der Waals surface area (Å²) in [6, 6.07) is 42.3. The van der Waals surface area contributed by atoms with Crippen molar-refractivity contribution in [2.45, 2.75) is 19.3 Å². The fourth-order valence-corrected chi connectivity index (χ4v) is 6.78. The molecular weight excluding hydrogens is 516 g/mol. The van der Waals surface area contributed by atoms with Gasteiger partial charge in [0.25, 0.3) is 0 Å². The molecule has 9 rings (SSSR count). The first-order valence-corrected chi connectivity index (χ1v) is 14.3. The van der Waals surface area contributed by atoms with Gasteiger partial charge in [-0.05, 0) is 70.8 Å². The van der Waals surface area contributed by atoms with E-state index in [1.165, 1.54) is 11.1 Å². The van der Waals surface area contributed by atoms with E-state index in [0.717, 1.165) is 77.6 Å². The number of fused-ring (bicyclic) bond motifs is 8. The zero-order valence-electron chi connectivity index (χ0n) is 23.3. The van der Waals surface area contributed by atoms with Crippen LogP contribution in [0.4, 0.5) is 0 Å². The van der Waals surface area contributed by atoms with E-state index in [1.807, 2.05) is 24.3 Å². The Morgan fingerprint density at radius 3 is 1.98 bits per heavy atom. The maximum absolute atomic E-state index is 6.50. The molecule has 8 aromatic rings. The minimum absolute atomic E-state index is 0.129. The minimum Gasteiger partial charge on any atom is -0.457 e. The van der Waals surface area contributed by atoms with Crippen molar-refractivity contribution in [3.63, 3.8) is 0 Å². The van der Waals surface area contributed by atoms with Crippen LogP contribution in [0.3, 0.4) is 0 Å². The Labute approximate surface area is 242 Å². The van der Waals surface area contributed by atoms with Crippen LogP contribution in [-0.2, 0) is 5.41 Å². The van der Waals surface area contributed by atoms with Crippen molar-refractivity contribution in [1.82, 2.24) is 0 Å². The number of para-hydroxylation sites is 2. The summed E-state index contributed by atoms with van der Waals surface area (Å²) < 4.78 is 19.0. The van der Waals surface area contributed by atoms with Crippen molar-refractivity contribution in [2.24, 2.45) is 0 Å². The molecule has 0 bridgehead atoms. The lowest BCUT2D eigenvalue weighted by Crippen LogP contribution is -2.24. The van der Waals surface area contributed by atoms with Crippen molar-refractivity contribution in [1.29, 1.82) is 0 Å². The fourth-order valence-electron chi connectivity index (χ4n) is 6.78. The van der Waals surface area contributed by atoms with Gasteiger partial charge in [0.2, 0.25) is 0 Å². The Balaban J connectivity index is 1.14. The van der Waals surface area contributed by atoms with E-state index in [-0.39, 0.29) is 5.41 Å². The van der Waals surface area contributed by atoms with E-state index in [4.69, 9.17) is 13.6 Å². The first-order chi connectivity index (χ1) is 20.5. The second kappa shape index (κ2) is 8.37. The fraction of sp³-hybridized carbons (Fsp3) is 0.0769. The highest BCUT2D eigenvalue weighted by Crippen LogP contribution is 2.49. The third kappa shape index (κ3) is 3.28. The van der Waals surface area contributed by atoms with E-state index in [9.17, 15) is 0 Å². The zero-order chi connectivity index (χ0) is 28.0. The van der Waals surface area contributed by atoms with Gasteiger partial charge in [0.1, 0.15) is 33.8 Å². The Kier molecular flexibility index (Phi) is 4.67. The number of benzene rings is 6. The molecule has 0 saturated heterocycles. The van der Waals surface area contributed by atoms with Gasteiger partial charge in [0, 0.05) is 38.1 Å². The van der Waals surface area contributed by atoms with Crippen molar-refractivity contribution in [3.05, 3.63) is 132 Å². The summed E-state index contributed by atoms with van der Waals surface area (Å²) in [7, 11) is 0. The molecule has 0 saturated carbocycles. The van der Waals surface area contributed by atoms with Crippen LogP contribution in [0.1, 0.15) is 25.0 Å². The van der Waals surface area contributed by atoms with Crippen LogP contribution < -0.4 is 4.74 Å². The molecule has 0 radical (unpaired) electrons. The second-order valence-corrected chi connectivity index (χ2v) is 11.7. The SMILES string of the molecule is CC1(C)c2ccccc2Oc2cc(-c3ccc4c(c3)oc3cc(-c5cccc6oc7ccccc7c56)ccc34)ccc21. The van der Waals surface area contributed by atoms with Crippen LogP contribution in [0, 0.1) is 0 Å². The molecule has 0 spiro atoms. The number of hydrogen-bond donors (Lipinski definition) is 0. The summed E-state index contributed by atoms with van der Waals surface area (Å²) in [5.41, 5.74) is 10.3. The molecule has 6 aromatic carbocycles. The lowest BCUT2D eigenvalue weighted by atomic mass is 9.75. The van der Waals surface area contributed by atoms with E-state index >= 15 is 0 Å². The molecule has 200 valence electrons. The van der Waals surface area contributed by atoms with Gasteiger partial charge in [-0.1, -0.05) is 86.6 Å². The molecule has 2 aromatic heterocycles. The van der Waals surface area contributed by atoms with Crippen LogP contribution in [0.25, 0.3) is 66.1 Å². The molecule has 42 heavy (non-hydrogen) atoms. The molecule has 0 atom stereocenters. The van der Waals surface area contributed by atoms with Crippen LogP contribution in [0.2, 0.25) is 0 Å². The van der Waals surface area contributed by atoms with Crippen LogP contribution in [0.15, 0.2) is 130 Å². The molecule has 3 nitrogen and oxygen atoms in total. The molecule has 1 aliphatic heterocycles. The Bertz CT molecular complexity index is 2370. The topological polar surface area (TPSA) is 35.5 Å². The second-order valence-electron chi connectivity index (χ2n) is 11.7. The highest BCUT2D eigenvalue weighted by atomic mass is 16.5. The van der Waals surface area contributed by atoms with Crippen LogP contribution >= 0.6 is 0 Å². The Hall–Kier alpha value is -5.28. The summed E-state index contributed by atoms with van der Waals surface area (Å²) in [6.07, 6.45) is 0. The first-order valence-electron chi connectivity index (χ1n) is 14.3. The third-order valence-electron chi connectivity index (χ3n) is 8.96. The van der Waals surface area contributed by atoms with Gasteiger partial charge >= 0.3 is 0 Å². The average molecular weight is 543 g/mol. The van der Waals surface area contributed by atoms with Gasteiger partial charge in [0.05, 0.1) is 0 Å². The summed E-state index contributed by atoms with van der Waals surface area (Å²) in [6.45, 7) is 4.52. The molecule has 1 aliphatic rings. The van der Waals surface area contributed by atoms with Crippen LogP contribution in [-0.4, -0.2) is 0 Å². The lowest BCUT2D eigenvalue weighted by Gasteiger charge is -2.34. The van der Waals surface area contributed by atoms with Gasteiger partial charge in [-0.2, -0.15) is 0 Å². The molecule has 0 amide bonds. The minimum atomic E-state index is -0.129. The smallest absolute Gasteiger partial charge is 0.136 e. The van der Waals surface area contributed by atoms with Crippen LogP contribution in [0.5, 0.6) is 11.5 Å². The summed E-state index contributed by atoms with van der Waals surface area (Å²) >= 11 is 0. The standard InChI is InChI=1S/C39H26O3/c1-39(2)30-10-4-6-12-33(30)41-37-21-24(16-19-31(37)39)23-14-17-27-28-18-15-25(22-36(28)42-35(27)20-23)26-9-7-13-34-38(26)29-8-3-5-11-32(29)40-34/h3-22H,1-2H3. The largest absolute Gasteiger partial charge is 0.457 e. The highest BCUT2D eigenvalue weighted by Gasteiger charge is 2.34. The van der Waals surface area contributed by atoms with Crippen molar-refractivity contribution in [3.8, 4) is 33.8 Å². The molecule has 0 aliphatic carbocycles. The van der Waals surface area contributed by atoms with Crippen molar-refractivity contribution in [2.75, 3.05) is 0 Å². The molecular formula is C39H26O3. The van der Waals surface area contributed by atoms with Crippen molar-refractivity contribution >= 4 is 43.9 Å². The van der Waals surface area contributed by atoms with Gasteiger partial charge in [-0.15, -0.1) is 0 Å². The predicted octanol–water partition coefficient (Wildman–Crippen LogP) is 11.3. The van der Waals surface area contributed by atoms with E-state index in [0.29, 0.717) is 0 Å². The maximum atomic E-state index is 6.50. The number of hydrogen-bond acceptors (Lipinski definition) is 3. The zero-order valence-corrected chi connectivity index (χ0v) is 23.3. The summed E-state index contributed by atoms with van der Waals surface area (Å²) in [5.74, 6) is 1.83. The monoisotopic (exact) mass is 542 g/mol. The van der Waals surface area contributed by atoms with E-state index < -0.39 is 0 Å². The van der Waals surface area contributed by atoms with Gasteiger partial charge < -0.3 is 13.6 Å². The summed E-state index contributed by atoms with van der Waals surface area (Å²) in [5, 5.41) is 4.47. The summed E-state index contributed by atoms with van der Waals surface area (Å²) in [4.78, 5) is 0. The maximum Gasteiger partial charge on any atom is 0.136 e. The molecule has 0 N–H and O–H groups in total. The Morgan fingerprint density at radius 1 is 0.452 bits per heavy atom. The third-order valence-corrected chi connectivity index (χ3v) is 8.96. The Morgan fingerprint density at radius 2 is 1.10 bits per heavy atom. The van der Waals surface area contributed by atoms with E-state index in [1.54, 1.807) is 0 Å². The normalized spacial score (nSPS) is 13.9. The molecule has 3 heteroatoms. The quantitative estimate of drug-likeness (QED) is 0.218. The molecule has 3 heterocycles. The predicted molar refractivity (Wildman–Crippen MR) is 171 cm³/mol. The first kappa shape index (κ1) is 23.4. The highest BCUT2D eigenvalue weighted by molar-refractivity contribution is 6.13.